The van der Waals surface area contributed by atoms with Gasteiger partial charge < -0.3 is 5.11 Å². The van der Waals surface area contributed by atoms with Gasteiger partial charge in [-0.3, -0.25) is 0 Å². The van der Waals surface area contributed by atoms with Gasteiger partial charge in [0.1, 0.15) is 11.1 Å². The first-order chi connectivity index (χ1) is 7.58. The molecule has 1 rings (SSSR count). The summed E-state index contributed by atoms with van der Waals surface area (Å²) in [5, 5.41) is 19.0. The molecule has 0 radical (unpaired) electrons. The number of nitriles is 1. The van der Waals surface area contributed by atoms with Gasteiger partial charge in [0.15, 0.2) is 0 Å². The summed E-state index contributed by atoms with van der Waals surface area (Å²) in [6.45, 7) is 6.05. The number of hydrogen-bond acceptors (Lipinski definition) is 4. The first-order valence-corrected chi connectivity index (χ1v) is 6.12. The molecule has 0 spiro atoms. The van der Waals surface area contributed by atoms with Gasteiger partial charge in [-0.15, -0.1) is 11.8 Å². The molecule has 4 heteroatoms. The summed E-state index contributed by atoms with van der Waals surface area (Å²) in [5.41, 5.74) is 2.55. The maximum atomic E-state index is 9.08. The van der Waals surface area contributed by atoms with Crippen LogP contribution in [0.15, 0.2) is 11.1 Å². The van der Waals surface area contributed by atoms with Crippen molar-refractivity contribution in [1.29, 1.82) is 5.26 Å². The number of aliphatic hydroxyl groups excluding tert-OH is 1. The zero-order valence-corrected chi connectivity index (χ0v) is 10.6. The summed E-state index contributed by atoms with van der Waals surface area (Å²) < 4.78 is 0. The van der Waals surface area contributed by atoms with Crippen molar-refractivity contribution in [2.75, 3.05) is 6.61 Å². The lowest BCUT2D eigenvalue weighted by Gasteiger charge is -2.11. The highest BCUT2D eigenvalue weighted by Crippen LogP contribution is 2.28. The number of aryl methyl sites for hydroxylation is 2. The van der Waals surface area contributed by atoms with Crippen molar-refractivity contribution in [2.24, 2.45) is 0 Å². The second-order valence-corrected chi connectivity index (χ2v) is 5.24. The van der Waals surface area contributed by atoms with E-state index in [1.807, 2.05) is 26.8 Å². The van der Waals surface area contributed by atoms with Gasteiger partial charge in [-0.2, -0.15) is 5.26 Å². The minimum atomic E-state index is 0.168. The number of aliphatic hydroxyl groups is 1. The Morgan fingerprint density at radius 1 is 1.56 bits per heavy atom. The number of nitrogens with zero attached hydrogens (tertiary/aromatic N) is 2. The molecule has 0 aliphatic carbocycles. The molecule has 86 valence electrons. The van der Waals surface area contributed by atoms with Crippen molar-refractivity contribution in [3.63, 3.8) is 0 Å². The van der Waals surface area contributed by atoms with Crippen LogP contribution in [0.5, 0.6) is 0 Å². The Hall–Kier alpha value is -1.05. The molecule has 0 bridgehead atoms. The second-order valence-electron chi connectivity index (χ2n) is 3.81. The van der Waals surface area contributed by atoms with E-state index in [-0.39, 0.29) is 11.9 Å². The Morgan fingerprint density at radius 3 is 2.81 bits per heavy atom. The van der Waals surface area contributed by atoms with E-state index in [9.17, 15) is 0 Å². The number of pyridine rings is 1. The molecule has 3 nitrogen and oxygen atoms in total. The van der Waals surface area contributed by atoms with Crippen molar-refractivity contribution in [1.82, 2.24) is 4.98 Å². The van der Waals surface area contributed by atoms with Crippen LogP contribution in [0.25, 0.3) is 0 Å². The van der Waals surface area contributed by atoms with E-state index in [2.05, 4.69) is 11.1 Å². The van der Waals surface area contributed by atoms with Gasteiger partial charge in [0.05, 0.1) is 5.56 Å². The van der Waals surface area contributed by atoms with Crippen LogP contribution in [-0.4, -0.2) is 21.9 Å². The van der Waals surface area contributed by atoms with Crippen molar-refractivity contribution in [3.05, 3.63) is 22.9 Å². The van der Waals surface area contributed by atoms with Gasteiger partial charge in [0, 0.05) is 17.6 Å². The lowest BCUT2D eigenvalue weighted by Crippen LogP contribution is -2.02. The number of hydrogen-bond donors (Lipinski definition) is 1. The SMILES string of the molecule is Cc1cc(C)c(C#N)c(SC(C)CCO)n1. The van der Waals surface area contributed by atoms with Gasteiger partial charge in [0.25, 0.3) is 0 Å². The third-order valence-electron chi connectivity index (χ3n) is 2.27. The molecule has 0 aromatic carbocycles. The molecule has 1 atom stereocenters. The standard InChI is InChI=1S/C12H16N2OS/c1-8-6-9(2)14-12(11(8)7-13)16-10(3)4-5-15/h6,10,15H,4-5H2,1-3H3. The third kappa shape index (κ3) is 3.22. The largest absolute Gasteiger partial charge is 0.396 e. The van der Waals surface area contributed by atoms with Gasteiger partial charge in [-0.05, 0) is 31.9 Å². The van der Waals surface area contributed by atoms with E-state index in [1.54, 1.807) is 11.8 Å². The maximum absolute atomic E-state index is 9.08. The van der Waals surface area contributed by atoms with Gasteiger partial charge >= 0.3 is 0 Å². The normalized spacial score (nSPS) is 12.2. The average Bonchev–Trinajstić information content (AvgIpc) is 2.17. The van der Waals surface area contributed by atoms with Crippen molar-refractivity contribution < 1.29 is 5.11 Å². The van der Waals surface area contributed by atoms with Crippen LogP contribution in [0.1, 0.15) is 30.2 Å². The van der Waals surface area contributed by atoms with E-state index < -0.39 is 0 Å². The van der Waals surface area contributed by atoms with Crippen LogP contribution in [-0.2, 0) is 0 Å². The molecule has 0 fully saturated rings. The zero-order chi connectivity index (χ0) is 12.1. The molecule has 1 unspecified atom stereocenters. The predicted molar refractivity (Wildman–Crippen MR) is 65.4 cm³/mol. The molecule has 0 saturated heterocycles. The minimum absolute atomic E-state index is 0.168. The highest BCUT2D eigenvalue weighted by Gasteiger charge is 2.12. The first kappa shape index (κ1) is 13.0. The fourth-order valence-electron chi connectivity index (χ4n) is 1.46. The van der Waals surface area contributed by atoms with Crippen LogP contribution in [0.3, 0.4) is 0 Å². The summed E-state index contributed by atoms with van der Waals surface area (Å²) in [7, 11) is 0. The molecule has 0 saturated carbocycles. The lowest BCUT2D eigenvalue weighted by atomic mass is 10.1. The molecule has 16 heavy (non-hydrogen) atoms. The predicted octanol–water partition coefficient (Wildman–Crippen LogP) is 2.43. The lowest BCUT2D eigenvalue weighted by molar-refractivity contribution is 0.289. The molecular formula is C12H16N2OS. The topological polar surface area (TPSA) is 56.9 Å². The summed E-state index contributed by atoms with van der Waals surface area (Å²) in [5.74, 6) is 0. The fourth-order valence-corrected chi connectivity index (χ4v) is 2.58. The van der Waals surface area contributed by atoms with Crippen molar-refractivity contribution in [2.45, 2.75) is 37.5 Å². The quantitative estimate of drug-likeness (QED) is 0.816. The van der Waals surface area contributed by atoms with E-state index in [0.29, 0.717) is 12.0 Å². The Morgan fingerprint density at radius 2 is 2.25 bits per heavy atom. The first-order valence-electron chi connectivity index (χ1n) is 5.24. The summed E-state index contributed by atoms with van der Waals surface area (Å²) in [6, 6.07) is 4.11. The van der Waals surface area contributed by atoms with E-state index in [4.69, 9.17) is 10.4 Å². The Kier molecular flexibility index (Phi) is 4.78. The van der Waals surface area contributed by atoms with E-state index in [0.717, 1.165) is 16.3 Å². The maximum Gasteiger partial charge on any atom is 0.115 e. The Bertz CT molecular complexity index is 412. The fraction of sp³-hybridized carbons (Fsp3) is 0.500. The number of rotatable bonds is 4. The van der Waals surface area contributed by atoms with E-state index in [1.165, 1.54) is 0 Å². The van der Waals surface area contributed by atoms with Gasteiger partial charge in [0.2, 0.25) is 0 Å². The van der Waals surface area contributed by atoms with Crippen molar-refractivity contribution >= 4 is 11.8 Å². The van der Waals surface area contributed by atoms with Crippen LogP contribution in [0.4, 0.5) is 0 Å². The van der Waals surface area contributed by atoms with Crippen LogP contribution in [0.2, 0.25) is 0 Å². The zero-order valence-electron chi connectivity index (χ0n) is 9.82. The number of thioether (sulfide) groups is 1. The average molecular weight is 236 g/mol. The van der Waals surface area contributed by atoms with Crippen LogP contribution < -0.4 is 0 Å². The van der Waals surface area contributed by atoms with Crippen molar-refractivity contribution in [3.8, 4) is 6.07 Å². The highest BCUT2D eigenvalue weighted by molar-refractivity contribution is 7.99. The smallest absolute Gasteiger partial charge is 0.115 e. The minimum Gasteiger partial charge on any atom is -0.396 e. The second kappa shape index (κ2) is 5.88. The monoisotopic (exact) mass is 236 g/mol. The van der Waals surface area contributed by atoms with Gasteiger partial charge in [-0.25, -0.2) is 4.98 Å². The molecule has 1 N–H and O–H groups in total. The number of aromatic nitrogens is 1. The molecule has 1 aromatic rings. The Balaban J connectivity index is 2.99. The van der Waals surface area contributed by atoms with Crippen LogP contribution >= 0.6 is 11.8 Å². The molecule has 0 aliphatic rings. The summed E-state index contributed by atoms with van der Waals surface area (Å²) >= 11 is 1.55. The third-order valence-corrected chi connectivity index (χ3v) is 3.43. The highest BCUT2D eigenvalue weighted by atomic mass is 32.2. The molecular weight excluding hydrogens is 220 g/mol. The molecule has 1 heterocycles. The van der Waals surface area contributed by atoms with Crippen LogP contribution in [0, 0.1) is 25.2 Å². The molecule has 1 aromatic heterocycles. The summed E-state index contributed by atoms with van der Waals surface area (Å²) in [6.07, 6.45) is 0.713. The molecule has 0 amide bonds. The summed E-state index contributed by atoms with van der Waals surface area (Å²) in [4.78, 5) is 4.39. The van der Waals surface area contributed by atoms with Gasteiger partial charge in [-0.1, -0.05) is 6.92 Å². The Labute approximate surface area is 101 Å². The van der Waals surface area contributed by atoms with E-state index >= 15 is 0 Å². The molecule has 0 aliphatic heterocycles.